The molecule has 2 aromatic carbocycles. The Balaban J connectivity index is 1.59. The maximum Gasteiger partial charge on any atom is 0.393 e. The maximum atomic E-state index is 14.3. The highest BCUT2D eigenvalue weighted by molar-refractivity contribution is 7.15. The first-order valence-corrected chi connectivity index (χ1v) is 11.5. The second kappa shape index (κ2) is 11.0. The van der Waals surface area contributed by atoms with Crippen LogP contribution in [-0.2, 0) is 17.6 Å². The lowest BCUT2D eigenvalue weighted by molar-refractivity contribution is -0.145. The van der Waals surface area contributed by atoms with Gasteiger partial charge in [-0.1, -0.05) is 37.3 Å². The summed E-state index contributed by atoms with van der Waals surface area (Å²) in [6.45, 7) is 1.63. The summed E-state index contributed by atoms with van der Waals surface area (Å²) in [4.78, 5) is 12.6. The molecule has 0 radical (unpaired) electrons. The first kappa shape index (κ1) is 25.7. The van der Waals surface area contributed by atoms with Crippen molar-refractivity contribution in [2.45, 2.75) is 51.0 Å². The number of carboxylic acids is 1. The van der Waals surface area contributed by atoms with Gasteiger partial charge in [-0.05, 0) is 60.2 Å². The summed E-state index contributed by atoms with van der Waals surface area (Å²) >= 11 is 1.34. The quantitative estimate of drug-likeness (QED) is 0.312. The van der Waals surface area contributed by atoms with E-state index in [0.29, 0.717) is 23.3 Å². The monoisotopic (exact) mass is 496 g/mol. The fourth-order valence-electron chi connectivity index (χ4n) is 3.41. The number of ether oxygens (including phenoxy) is 1. The van der Waals surface area contributed by atoms with Crippen LogP contribution in [0.2, 0.25) is 0 Å². The van der Waals surface area contributed by atoms with E-state index in [0.717, 1.165) is 10.4 Å². The van der Waals surface area contributed by atoms with E-state index in [-0.39, 0.29) is 17.7 Å². The maximum absolute atomic E-state index is 14.3. The zero-order valence-electron chi connectivity index (χ0n) is 18.3. The van der Waals surface area contributed by atoms with E-state index in [2.05, 4.69) is 0 Å². The summed E-state index contributed by atoms with van der Waals surface area (Å²) in [7, 11) is 0. The van der Waals surface area contributed by atoms with E-state index in [4.69, 9.17) is 9.84 Å². The Morgan fingerprint density at radius 2 is 1.74 bits per heavy atom. The summed E-state index contributed by atoms with van der Waals surface area (Å²) in [6.07, 6.45) is -6.24. The van der Waals surface area contributed by atoms with E-state index in [1.165, 1.54) is 35.6 Å². The molecule has 3 aromatic rings. The van der Waals surface area contributed by atoms with Crippen molar-refractivity contribution in [3.8, 4) is 16.2 Å². The number of carbonyl (C=O) groups is 1. The van der Waals surface area contributed by atoms with Crippen molar-refractivity contribution in [1.29, 1.82) is 0 Å². The number of hydrogen-bond acceptors (Lipinski definition) is 4. The molecule has 0 aliphatic rings. The molecule has 34 heavy (non-hydrogen) atoms. The Hall–Kier alpha value is -2.91. The molecular formula is C25H24F4O4S. The van der Waals surface area contributed by atoms with E-state index in [1.54, 1.807) is 37.3 Å². The number of aliphatic hydroxyl groups excluding tert-OH is 1. The van der Waals surface area contributed by atoms with Crippen LogP contribution >= 0.6 is 11.3 Å². The lowest BCUT2D eigenvalue weighted by atomic mass is 10.1. The number of rotatable bonds is 10. The Morgan fingerprint density at radius 1 is 1.06 bits per heavy atom. The molecule has 2 N–H and O–H groups in total. The van der Waals surface area contributed by atoms with Gasteiger partial charge in [-0.15, -0.1) is 11.3 Å². The summed E-state index contributed by atoms with van der Waals surface area (Å²) in [5.41, 5.74) is 1.58. The lowest BCUT2D eigenvalue weighted by Gasteiger charge is -2.14. The molecule has 2 unspecified atom stereocenters. The predicted molar refractivity (Wildman–Crippen MR) is 122 cm³/mol. The number of aryl methyl sites for hydroxylation is 1. The number of alkyl halides is 3. The minimum Gasteiger partial charge on any atom is -0.479 e. The third kappa shape index (κ3) is 7.04. The van der Waals surface area contributed by atoms with Crippen LogP contribution in [0.25, 0.3) is 10.4 Å². The molecular weight excluding hydrogens is 472 g/mol. The van der Waals surface area contributed by atoms with E-state index in [9.17, 15) is 27.5 Å². The largest absolute Gasteiger partial charge is 0.479 e. The van der Waals surface area contributed by atoms with Crippen molar-refractivity contribution in [3.63, 3.8) is 0 Å². The van der Waals surface area contributed by atoms with Crippen LogP contribution in [0.1, 0.15) is 41.9 Å². The molecule has 0 aliphatic carbocycles. The van der Waals surface area contributed by atoms with Crippen LogP contribution in [0.5, 0.6) is 5.75 Å². The average molecular weight is 497 g/mol. The van der Waals surface area contributed by atoms with Crippen molar-refractivity contribution in [2.24, 2.45) is 0 Å². The fraction of sp³-hybridized carbons (Fsp3) is 0.320. The molecule has 0 saturated heterocycles. The first-order valence-electron chi connectivity index (χ1n) is 10.7. The van der Waals surface area contributed by atoms with Crippen LogP contribution in [0.3, 0.4) is 0 Å². The SMILES string of the molecule is CCC(Oc1ccc(CCC(O)c2ccc(-c3ccc(CC(F)(F)F)cc3)s2)cc1F)C(=O)O. The molecule has 0 saturated carbocycles. The van der Waals surface area contributed by atoms with E-state index >= 15 is 0 Å². The molecule has 1 aromatic heterocycles. The van der Waals surface area contributed by atoms with Gasteiger partial charge in [0.05, 0.1) is 12.5 Å². The van der Waals surface area contributed by atoms with Crippen molar-refractivity contribution in [1.82, 2.24) is 0 Å². The van der Waals surface area contributed by atoms with Gasteiger partial charge in [0.1, 0.15) is 0 Å². The molecule has 0 amide bonds. The molecule has 0 spiro atoms. The van der Waals surface area contributed by atoms with Crippen molar-refractivity contribution in [2.75, 3.05) is 0 Å². The third-order valence-corrected chi connectivity index (χ3v) is 6.45. The molecule has 1 heterocycles. The molecule has 2 atom stereocenters. The molecule has 182 valence electrons. The summed E-state index contributed by atoms with van der Waals surface area (Å²) < 4.78 is 57.1. The molecule has 0 fully saturated rings. The number of aliphatic carboxylic acids is 1. The number of hydrogen-bond donors (Lipinski definition) is 2. The van der Waals surface area contributed by atoms with Gasteiger partial charge in [0.15, 0.2) is 17.7 Å². The Kier molecular flexibility index (Phi) is 8.33. The topological polar surface area (TPSA) is 66.8 Å². The smallest absolute Gasteiger partial charge is 0.393 e. The highest BCUT2D eigenvalue weighted by atomic mass is 32.1. The fourth-order valence-corrected chi connectivity index (χ4v) is 4.44. The van der Waals surface area contributed by atoms with Gasteiger partial charge in [0, 0.05) is 9.75 Å². The number of carboxylic acid groups (broad SMARTS) is 1. The van der Waals surface area contributed by atoms with E-state index in [1.807, 2.05) is 0 Å². The van der Waals surface area contributed by atoms with Gasteiger partial charge in [-0.3, -0.25) is 0 Å². The molecule has 3 rings (SSSR count). The Morgan fingerprint density at radius 3 is 2.32 bits per heavy atom. The standard InChI is InChI=1S/C25H24F4O4S/c1-2-20(24(31)32)33-21-10-6-15(13-18(21)26)5-9-19(30)23-12-11-22(34-23)17-7-3-16(4-8-17)14-25(27,28)29/h3-4,6-8,10-13,19-20,30H,2,5,9,14H2,1H3,(H,31,32). The van der Waals surface area contributed by atoms with Gasteiger partial charge < -0.3 is 14.9 Å². The normalized spacial score (nSPS) is 13.5. The zero-order chi connectivity index (χ0) is 24.9. The van der Waals surface area contributed by atoms with E-state index < -0.39 is 36.6 Å². The molecule has 0 aliphatic heterocycles. The Labute approximate surface area is 198 Å². The van der Waals surface area contributed by atoms with Crippen LogP contribution in [0.4, 0.5) is 17.6 Å². The lowest BCUT2D eigenvalue weighted by Crippen LogP contribution is -2.26. The van der Waals surface area contributed by atoms with Gasteiger partial charge in [-0.25, -0.2) is 9.18 Å². The highest BCUT2D eigenvalue weighted by Gasteiger charge is 2.27. The number of thiophene rings is 1. The summed E-state index contributed by atoms with van der Waals surface area (Å²) in [5, 5.41) is 19.6. The number of aliphatic hydroxyl groups is 1. The third-order valence-electron chi connectivity index (χ3n) is 5.22. The van der Waals surface area contributed by atoms with Crippen LogP contribution in [-0.4, -0.2) is 28.5 Å². The molecule has 4 nitrogen and oxygen atoms in total. The highest BCUT2D eigenvalue weighted by Crippen LogP contribution is 2.34. The number of halogens is 4. The first-order chi connectivity index (χ1) is 16.1. The summed E-state index contributed by atoms with van der Waals surface area (Å²) in [5.74, 6) is -1.97. The van der Waals surface area contributed by atoms with Crippen molar-refractivity contribution < 1.29 is 37.3 Å². The average Bonchev–Trinajstić information content (AvgIpc) is 3.26. The second-order valence-electron chi connectivity index (χ2n) is 7.86. The van der Waals surface area contributed by atoms with Gasteiger partial charge >= 0.3 is 12.1 Å². The predicted octanol–water partition coefficient (Wildman–Crippen LogP) is 6.57. The number of benzene rings is 2. The van der Waals surface area contributed by atoms with Crippen molar-refractivity contribution in [3.05, 3.63) is 76.4 Å². The molecule has 9 heteroatoms. The Bertz CT molecular complexity index is 1110. The van der Waals surface area contributed by atoms with Crippen molar-refractivity contribution >= 4 is 17.3 Å². The molecule has 0 bridgehead atoms. The summed E-state index contributed by atoms with van der Waals surface area (Å²) in [6, 6.07) is 14.0. The zero-order valence-corrected chi connectivity index (χ0v) is 19.1. The van der Waals surface area contributed by atoms with Gasteiger partial charge in [-0.2, -0.15) is 13.2 Å². The van der Waals surface area contributed by atoms with Crippen LogP contribution in [0.15, 0.2) is 54.6 Å². The minimum absolute atomic E-state index is 0.136. The van der Waals surface area contributed by atoms with Gasteiger partial charge in [0.25, 0.3) is 0 Å². The van der Waals surface area contributed by atoms with Gasteiger partial charge in [0.2, 0.25) is 0 Å². The second-order valence-corrected chi connectivity index (χ2v) is 8.98. The van der Waals surface area contributed by atoms with Crippen LogP contribution in [0, 0.1) is 5.82 Å². The van der Waals surface area contributed by atoms with Crippen LogP contribution < -0.4 is 4.74 Å². The minimum atomic E-state index is -4.26.